The summed E-state index contributed by atoms with van der Waals surface area (Å²) in [5, 5.41) is 0. The van der Waals surface area contributed by atoms with E-state index in [1.807, 2.05) is 23.9 Å². The zero-order valence-electron chi connectivity index (χ0n) is 12.1. The second-order valence-corrected chi connectivity index (χ2v) is 6.35. The van der Waals surface area contributed by atoms with E-state index < -0.39 is 0 Å². The number of methoxy groups -OCH3 is 1. The van der Waals surface area contributed by atoms with Gasteiger partial charge in [0, 0.05) is 22.6 Å². The fourth-order valence-electron chi connectivity index (χ4n) is 2.89. The van der Waals surface area contributed by atoms with Crippen molar-refractivity contribution < 1.29 is 4.74 Å². The molecule has 0 aliphatic carbocycles. The third-order valence-corrected chi connectivity index (χ3v) is 5.23. The molecule has 0 saturated carbocycles. The molecule has 0 amide bonds. The molecule has 1 aliphatic rings. The van der Waals surface area contributed by atoms with Crippen molar-refractivity contribution in [1.82, 2.24) is 5.43 Å². The fraction of sp³-hybridized carbons (Fsp3) is 0.294. The van der Waals surface area contributed by atoms with Gasteiger partial charge in [0.2, 0.25) is 0 Å². The van der Waals surface area contributed by atoms with E-state index in [2.05, 4.69) is 41.8 Å². The monoisotopic (exact) mass is 300 g/mol. The molecule has 0 spiro atoms. The van der Waals surface area contributed by atoms with E-state index in [4.69, 9.17) is 10.6 Å². The molecule has 21 heavy (non-hydrogen) atoms. The number of benzene rings is 2. The Morgan fingerprint density at radius 2 is 2.14 bits per heavy atom. The average Bonchev–Trinajstić information content (AvgIpc) is 2.97. The fourth-order valence-corrected chi connectivity index (χ4v) is 4.22. The van der Waals surface area contributed by atoms with Crippen molar-refractivity contribution in [2.45, 2.75) is 23.3 Å². The van der Waals surface area contributed by atoms with Crippen molar-refractivity contribution in [3.63, 3.8) is 0 Å². The van der Waals surface area contributed by atoms with Crippen LogP contribution in [-0.4, -0.2) is 18.9 Å². The van der Waals surface area contributed by atoms with Gasteiger partial charge in [-0.3, -0.25) is 11.3 Å². The quantitative estimate of drug-likeness (QED) is 0.658. The van der Waals surface area contributed by atoms with Crippen LogP contribution in [0.15, 0.2) is 53.4 Å². The highest BCUT2D eigenvalue weighted by atomic mass is 32.2. The van der Waals surface area contributed by atoms with E-state index in [0.29, 0.717) is 5.92 Å². The Bertz CT molecular complexity index is 617. The molecule has 1 heterocycles. The highest BCUT2D eigenvalue weighted by Crippen LogP contribution is 2.41. The van der Waals surface area contributed by atoms with Crippen LogP contribution >= 0.6 is 11.8 Å². The first kappa shape index (κ1) is 14.4. The van der Waals surface area contributed by atoms with Gasteiger partial charge in [0.1, 0.15) is 5.75 Å². The lowest BCUT2D eigenvalue weighted by Crippen LogP contribution is -2.41. The number of rotatable bonds is 5. The topological polar surface area (TPSA) is 47.3 Å². The van der Waals surface area contributed by atoms with Crippen LogP contribution in [0.4, 0.5) is 0 Å². The van der Waals surface area contributed by atoms with Gasteiger partial charge in [-0.05, 0) is 35.7 Å². The summed E-state index contributed by atoms with van der Waals surface area (Å²) in [6.45, 7) is 0. The highest BCUT2D eigenvalue weighted by molar-refractivity contribution is 7.99. The molecule has 1 aliphatic heterocycles. The van der Waals surface area contributed by atoms with Gasteiger partial charge in [-0.2, -0.15) is 0 Å². The molecule has 0 fully saturated rings. The second-order valence-electron chi connectivity index (χ2n) is 5.28. The molecule has 0 aromatic heterocycles. The number of hydrogen-bond donors (Lipinski definition) is 2. The molecule has 0 bridgehead atoms. The Kier molecular flexibility index (Phi) is 4.48. The Labute approximate surface area is 129 Å². The smallest absolute Gasteiger partial charge is 0.119 e. The molecular weight excluding hydrogens is 280 g/mol. The standard InChI is InChI=1S/C17H20N2OS/c1-20-13-6-4-5-12(9-13)10-16(19-18)15-11-21-17-8-3-2-7-14(15)17/h2-9,15-16,19H,10-11,18H2,1H3. The highest BCUT2D eigenvalue weighted by Gasteiger charge is 2.29. The van der Waals surface area contributed by atoms with Gasteiger partial charge >= 0.3 is 0 Å². The van der Waals surface area contributed by atoms with Crippen LogP contribution < -0.4 is 16.0 Å². The van der Waals surface area contributed by atoms with Crippen molar-refractivity contribution in [2.24, 2.45) is 5.84 Å². The van der Waals surface area contributed by atoms with Crippen molar-refractivity contribution in [2.75, 3.05) is 12.9 Å². The lowest BCUT2D eigenvalue weighted by Gasteiger charge is -2.23. The molecule has 2 atom stereocenters. The molecule has 4 heteroatoms. The lowest BCUT2D eigenvalue weighted by molar-refractivity contribution is 0.413. The summed E-state index contributed by atoms with van der Waals surface area (Å²) >= 11 is 1.92. The molecule has 0 radical (unpaired) electrons. The number of nitrogens with two attached hydrogens (primary N) is 1. The van der Waals surface area contributed by atoms with Gasteiger partial charge in [0.15, 0.2) is 0 Å². The van der Waals surface area contributed by atoms with Crippen LogP contribution in [-0.2, 0) is 6.42 Å². The first-order chi connectivity index (χ1) is 10.3. The van der Waals surface area contributed by atoms with Crippen molar-refractivity contribution in [3.8, 4) is 5.75 Å². The third kappa shape index (κ3) is 3.07. The average molecular weight is 300 g/mol. The molecule has 3 N–H and O–H groups in total. The summed E-state index contributed by atoms with van der Waals surface area (Å²) in [6, 6.07) is 17.0. The summed E-state index contributed by atoms with van der Waals surface area (Å²) in [6.07, 6.45) is 0.896. The number of thioether (sulfide) groups is 1. The van der Waals surface area contributed by atoms with E-state index in [-0.39, 0.29) is 6.04 Å². The summed E-state index contributed by atoms with van der Waals surface area (Å²) in [5.41, 5.74) is 5.67. The van der Waals surface area contributed by atoms with Gasteiger partial charge in [0.05, 0.1) is 7.11 Å². The number of fused-ring (bicyclic) bond motifs is 1. The van der Waals surface area contributed by atoms with Gasteiger partial charge in [-0.1, -0.05) is 30.3 Å². The van der Waals surface area contributed by atoms with Crippen LogP contribution in [0.5, 0.6) is 5.75 Å². The minimum atomic E-state index is 0.230. The molecular formula is C17H20N2OS. The van der Waals surface area contributed by atoms with Crippen LogP contribution in [0.1, 0.15) is 17.0 Å². The van der Waals surface area contributed by atoms with Crippen LogP contribution in [0.2, 0.25) is 0 Å². The van der Waals surface area contributed by atoms with Gasteiger partial charge < -0.3 is 4.74 Å². The van der Waals surface area contributed by atoms with E-state index in [1.165, 1.54) is 16.0 Å². The Balaban J connectivity index is 1.80. The first-order valence-corrected chi connectivity index (χ1v) is 8.11. The minimum absolute atomic E-state index is 0.230. The maximum Gasteiger partial charge on any atom is 0.119 e. The molecule has 0 saturated heterocycles. The number of hydrogen-bond acceptors (Lipinski definition) is 4. The van der Waals surface area contributed by atoms with E-state index in [0.717, 1.165) is 17.9 Å². The summed E-state index contributed by atoms with van der Waals surface area (Å²) in [7, 11) is 1.70. The van der Waals surface area contributed by atoms with E-state index in [9.17, 15) is 0 Å². The van der Waals surface area contributed by atoms with E-state index >= 15 is 0 Å². The van der Waals surface area contributed by atoms with Gasteiger partial charge in [0.25, 0.3) is 0 Å². The van der Waals surface area contributed by atoms with Crippen molar-refractivity contribution in [3.05, 3.63) is 59.7 Å². The summed E-state index contributed by atoms with van der Waals surface area (Å²) in [4.78, 5) is 1.38. The van der Waals surface area contributed by atoms with Crippen LogP contribution in [0.25, 0.3) is 0 Å². The maximum atomic E-state index is 5.84. The van der Waals surface area contributed by atoms with Crippen molar-refractivity contribution >= 4 is 11.8 Å². The number of ether oxygens (including phenoxy) is 1. The number of hydrazine groups is 1. The molecule has 2 unspecified atom stereocenters. The lowest BCUT2D eigenvalue weighted by atomic mass is 9.89. The SMILES string of the molecule is COc1cccc(CC(NN)C2CSc3ccccc32)c1. The van der Waals surface area contributed by atoms with Gasteiger partial charge in [-0.15, -0.1) is 11.8 Å². The van der Waals surface area contributed by atoms with Crippen molar-refractivity contribution in [1.29, 1.82) is 0 Å². The summed E-state index contributed by atoms with van der Waals surface area (Å²) in [5.74, 6) is 8.26. The Morgan fingerprint density at radius 3 is 2.95 bits per heavy atom. The third-order valence-electron chi connectivity index (χ3n) is 4.03. The normalized spacial score (nSPS) is 18.3. The maximum absolute atomic E-state index is 5.84. The largest absolute Gasteiger partial charge is 0.497 e. The van der Waals surface area contributed by atoms with Gasteiger partial charge in [-0.25, -0.2) is 0 Å². The molecule has 110 valence electrons. The van der Waals surface area contributed by atoms with E-state index in [1.54, 1.807) is 7.11 Å². The first-order valence-electron chi connectivity index (χ1n) is 7.12. The number of nitrogens with one attached hydrogen (secondary N) is 1. The predicted molar refractivity (Wildman–Crippen MR) is 87.7 cm³/mol. The zero-order valence-corrected chi connectivity index (χ0v) is 12.9. The second kappa shape index (κ2) is 6.52. The summed E-state index contributed by atoms with van der Waals surface area (Å²) < 4.78 is 5.30. The minimum Gasteiger partial charge on any atom is -0.497 e. The zero-order chi connectivity index (χ0) is 14.7. The van der Waals surface area contributed by atoms with Crippen LogP contribution in [0.3, 0.4) is 0 Å². The van der Waals surface area contributed by atoms with Crippen LogP contribution in [0, 0.1) is 0 Å². The molecule has 3 rings (SSSR count). The molecule has 3 nitrogen and oxygen atoms in total. The Hall–Kier alpha value is -1.49. The Morgan fingerprint density at radius 1 is 1.29 bits per heavy atom. The molecule has 2 aromatic rings. The predicted octanol–water partition coefficient (Wildman–Crippen LogP) is 2.96. The molecule has 2 aromatic carbocycles.